The van der Waals surface area contributed by atoms with Gasteiger partial charge < -0.3 is 0 Å². The van der Waals surface area contributed by atoms with Crippen molar-refractivity contribution < 1.29 is 13.2 Å². The van der Waals surface area contributed by atoms with Crippen LogP contribution < -0.4 is 0 Å². The Balaban J connectivity index is 0.000000492. The monoisotopic (exact) mass is 261 g/mol. The van der Waals surface area contributed by atoms with E-state index in [9.17, 15) is 8.42 Å². The fraction of sp³-hybridized carbons (Fsp3) is 0. The number of hydrogen-bond donors (Lipinski definition) is 1. The van der Waals surface area contributed by atoms with Crippen LogP contribution in [0.3, 0.4) is 0 Å². The van der Waals surface area contributed by atoms with Gasteiger partial charge in [-0.15, -0.1) is 0 Å². The molecule has 0 saturated heterocycles. The average molecular weight is 261 g/mol. The number of carbonyl (C=O) groups excluding carboxylic acids is 1. The van der Waals surface area contributed by atoms with Crippen molar-refractivity contribution in [2.24, 2.45) is 0 Å². The lowest BCUT2D eigenvalue weighted by Gasteiger charge is -2.03. The summed E-state index contributed by atoms with van der Waals surface area (Å²) in [5.41, 5.74) is 0. The molecular weight excluding hydrogens is 250 g/mol. The van der Waals surface area contributed by atoms with Crippen molar-refractivity contribution in [3.8, 4) is 0 Å². The standard InChI is InChI=1S/C12H10O2S.CHNO/c13-15(14,11-7-3-1-4-8-11)12-9-5-2-6-10-12;2-1-3/h1-10H;2H. The number of sulfone groups is 1. The Morgan fingerprint density at radius 3 is 1.33 bits per heavy atom. The molecule has 2 aromatic rings. The summed E-state index contributed by atoms with van der Waals surface area (Å²) in [4.78, 5) is 9.01. The minimum Gasteiger partial charge on any atom is -0.222 e. The van der Waals surface area contributed by atoms with Gasteiger partial charge in [-0.2, -0.15) is 0 Å². The second-order valence-electron chi connectivity index (χ2n) is 3.23. The maximum Gasteiger partial charge on any atom is 0.231 e. The smallest absolute Gasteiger partial charge is 0.222 e. The van der Waals surface area contributed by atoms with Gasteiger partial charge in [0.05, 0.1) is 9.79 Å². The second-order valence-corrected chi connectivity index (χ2v) is 5.18. The Hall–Kier alpha value is -2.23. The van der Waals surface area contributed by atoms with Gasteiger partial charge in [-0.3, -0.25) is 0 Å². The van der Waals surface area contributed by atoms with Gasteiger partial charge >= 0.3 is 0 Å². The number of hydrogen-bond acceptors (Lipinski definition) is 4. The Bertz CT molecular complexity index is 570. The highest BCUT2D eigenvalue weighted by Crippen LogP contribution is 2.19. The normalized spacial score (nSPS) is 9.78. The summed E-state index contributed by atoms with van der Waals surface area (Å²) in [5.74, 6) is 0. The SMILES string of the molecule is N=C=O.O=S(=O)(c1ccccc1)c1ccccc1. The molecular formula is C13H11NO3S. The molecule has 0 aliphatic rings. The fourth-order valence-electron chi connectivity index (χ4n) is 1.34. The summed E-state index contributed by atoms with van der Waals surface area (Å²) in [5, 5.41) is 5.40. The van der Waals surface area contributed by atoms with E-state index in [4.69, 9.17) is 10.2 Å². The molecule has 0 aliphatic heterocycles. The molecule has 5 heteroatoms. The van der Waals surface area contributed by atoms with Gasteiger partial charge in [0.25, 0.3) is 0 Å². The third kappa shape index (κ3) is 3.38. The third-order valence-corrected chi connectivity index (χ3v) is 3.89. The van der Waals surface area contributed by atoms with Gasteiger partial charge in [0.2, 0.25) is 15.9 Å². The van der Waals surface area contributed by atoms with Gasteiger partial charge in [0, 0.05) is 0 Å². The highest BCUT2D eigenvalue weighted by Gasteiger charge is 2.15. The van der Waals surface area contributed by atoms with Gasteiger partial charge in [-0.25, -0.2) is 18.6 Å². The van der Waals surface area contributed by atoms with Gasteiger partial charge in [-0.1, -0.05) is 36.4 Å². The zero-order valence-electron chi connectivity index (χ0n) is 9.41. The van der Waals surface area contributed by atoms with Crippen molar-refractivity contribution in [3.63, 3.8) is 0 Å². The first-order chi connectivity index (χ1) is 8.62. The van der Waals surface area contributed by atoms with Crippen molar-refractivity contribution in [1.29, 1.82) is 5.41 Å². The summed E-state index contributed by atoms with van der Waals surface area (Å²) >= 11 is 0. The van der Waals surface area contributed by atoms with E-state index in [0.717, 1.165) is 6.08 Å². The maximum atomic E-state index is 12.0. The van der Waals surface area contributed by atoms with Gasteiger partial charge in [0.15, 0.2) is 0 Å². The first kappa shape index (κ1) is 13.8. The summed E-state index contributed by atoms with van der Waals surface area (Å²) in [6.07, 6.45) is 0.750. The van der Waals surface area contributed by atoms with E-state index >= 15 is 0 Å². The first-order valence-corrected chi connectivity index (χ1v) is 6.50. The molecule has 0 aromatic heterocycles. The number of benzene rings is 2. The molecule has 92 valence electrons. The molecule has 0 radical (unpaired) electrons. The summed E-state index contributed by atoms with van der Waals surface area (Å²) < 4.78 is 24.1. The zero-order chi connectivity index (χ0) is 13.4. The lowest BCUT2D eigenvalue weighted by Crippen LogP contribution is -2.00. The molecule has 0 atom stereocenters. The maximum absolute atomic E-state index is 12.0. The Morgan fingerprint density at radius 2 is 1.06 bits per heavy atom. The number of isocyanates is 1. The van der Waals surface area contributed by atoms with Crippen molar-refractivity contribution in [2.45, 2.75) is 9.79 Å². The lowest BCUT2D eigenvalue weighted by molar-refractivity contribution is 0.562. The van der Waals surface area contributed by atoms with Crippen LogP contribution in [0.1, 0.15) is 0 Å². The summed E-state index contributed by atoms with van der Waals surface area (Å²) in [6.45, 7) is 0. The summed E-state index contributed by atoms with van der Waals surface area (Å²) in [7, 11) is -3.34. The van der Waals surface area contributed by atoms with Crippen LogP contribution >= 0.6 is 0 Å². The molecule has 0 unspecified atom stereocenters. The van der Waals surface area contributed by atoms with Crippen molar-refractivity contribution in [3.05, 3.63) is 60.7 Å². The molecule has 0 fully saturated rings. The number of nitrogens with one attached hydrogen (secondary N) is 1. The first-order valence-electron chi connectivity index (χ1n) is 5.02. The fourth-order valence-corrected chi connectivity index (χ4v) is 2.64. The predicted octanol–water partition coefficient (Wildman–Crippen LogP) is 2.42. The predicted molar refractivity (Wildman–Crippen MR) is 66.7 cm³/mol. The van der Waals surface area contributed by atoms with Gasteiger partial charge in [-0.05, 0) is 24.3 Å². The van der Waals surface area contributed by atoms with Crippen LogP contribution in [0.15, 0.2) is 70.5 Å². The van der Waals surface area contributed by atoms with E-state index in [1.165, 1.54) is 0 Å². The molecule has 0 bridgehead atoms. The molecule has 0 saturated carbocycles. The Labute approximate surface area is 105 Å². The molecule has 18 heavy (non-hydrogen) atoms. The molecule has 0 spiro atoms. The van der Waals surface area contributed by atoms with Crippen LogP contribution in [0.5, 0.6) is 0 Å². The van der Waals surface area contributed by atoms with E-state index in [-0.39, 0.29) is 0 Å². The lowest BCUT2D eigenvalue weighted by atomic mass is 10.4. The van der Waals surface area contributed by atoms with Gasteiger partial charge in [0.1, 0.15) is 0 Å². The third-order valence-electron chi connectivity index (χ3n) is 2.11. The van der Waals surface area contributed by atoms with Crippen LogP contribution in [0, 0.1) is 5.41 Å². The van der Waals surface area contributed by atoms with Crippen molar-refractivity contribution in [1.82, 2.24) is 0 Å². The Kier molecular flexibility index (Phi) is 4.99. The molecule has 0 heterocycles. The minimum absolute atomic E-state index is 0.330. The molecule has 0 amide bonds. The van der Waals surface area contributed by atoms with E-state index in [1.54, 1.807) is 60.7 Å². The number of rotatable bonds is 2. The van der Waals surface area contributed by atoms with Crippen LogP contribution in [0.4, 0.5) is 0 Å². The second kappa shape index (κ2) is 6.49. The van der Waals surface area contributed by atoms with Crippen molar-refractivity contribution >= 4 is 15.9 Å². The highest BCUT2D eigenvalue weighted by atomic mass is 32.2. The summed E-state index contributed by atoms with van der Waals surface area (Å²) in [6, 6.07) is 16.9. The molecule has 0 aliphatic carbocycles. The van der Waals surface area contributed by atoms with E-state index in [0.29, 0.717) is 9.79 Å². The largest absolute Gasteiger partial charge is 0.231 e. The van der Waals surface area contributed by atoms with Crippen LogP contribution in [-0.4, -0.2) is 14.5 Å². The topological polar surface area (TPSA) is 75.1 Å². The molecule has 2 aromatic carbocycles. The Morgan fingerprint density at radius 1 is 0.778 bits per heavy atom. The van der Waals surface area contributed by atoms with Crippen molar-refractivity contribution in [2.75, 3.05) is 0 Å². The molecule has 4 nitrogen and oxygen atoms in total. The zero-order valence-corrected chi connectivity index (χ0v) is 10.2. The van der Waals surface area contributed by atoms with E-state index in [1.807, 2.05) is 0 Å². The molecule has 2 rings (SSSR count). The quantitative estimate of drug-likeness (QED) is 0.666. The van der Waals surface area contributed by atoms with E-state index in [2.05, 4.69) is 0 Å². The van der Waals surface area contributed by atoms with Crippen LogP contribution in [0.2, 0.25) is 0 Å². The minimum atomic E-state index is -3.34. The molecule has 1 N–H and O–H groups in total. The highest BCUT2D eigenvalue weighted by molar-refractivity contribution is 7.91. The van der Waals surface area contributed by atoms with E-state index < -0.39 is 9.84 Å². The van der Waals surface area contributed by atoms with Crippen LogP contribution in [0.25, 0.3) is 0 Å². The van der Waals surface area contributed by atoms with Crippen LogP contribution in [-0.2, 0) is 14.6 Å². The average Bonchev–Trinajstić information content (AvgIpc) is 2.42.